The van der Waals surface area contributed by atoms with Crippen molar-refractivity contribution in [1.29, 1.82) is 0 Å². The van der Waals surface area contributed by atoms with Crippen molar-refractivity contribution in [2.45, 2.75) is 6.54 Å². The minimum Gasteiger partial charge on any atom is -0.507 e. The first-order valence-electron chi connectivity index (χ1n) is 7.09. The maximum atomic E-state index is 11.0. The maximum Gasteiger partial charge on any atom is 0.312 e. The van der Waals surface area contributed by atoms with Crippen LogP contribution >= 0.6 is 11.6 Å². The number of nitrogens with one attached hydrogen (secondary N) is 1. The van der Waals surface area contributed by atoms with Gasteiger partial charge in [-0.3, -0.25) is 0 Å². The number of fused-ring (bicyclic) bond motifs is 1. The molecule has 0 saturated carbocycles. The molecule has 3 aromatic rings. The predicted octanol–water partition coefficient (Wildman–Crippen LogP) is 4.03. The van der Waals surface area contributed by atoms with Gasteiger partial charge >= 0.3 is 6.03 Å². The zero-order valence-corrected chi connectivity index (χ0v) is 13.0. The number of urea groups is 1. The van der Waals surface area contributed by atoms with Crippen molar-refractivity contribution in [2.24, 2.45) is 5.73 Å². The number of nitrogens with two attached hydrogens (primary N) is 1. The number of benzene rings is 3. The number of hydrogen-bond donors (Lipinski definition) is 3. The zero-order chi connectivity index (χ0) is 16.4. The average Bonchev–Trinajstić information content (AvgIpc) is 2.54. The maximum absolute atomic E-state index is 11.0. The van der Waals surface area contributed by atoms with Gasteiger partial charge in [0.15, 0.2) is 0 Å². The normalized spacial score (nSPS) is 10.7. The van der Waals surface area contributed by atoms with Crippen LogP contribution in [0.5, 0.6) is 5.75 Å². The lowest BCUT2D eigenvalue weighted by Gasteiger charge is -2.14. The van der Waals surface area contributed by atoms with E-state index in [-0.39, 0.29) is 12.3 Å². The Morgan fingerprint density at radius 1 is 1.13 bits per heavy atom. The van der Waals surface area contributed by atoms with Gasteiger partial charge in [0.1, 0.15) is 5.75 Å². The number of rotatable bonds is 3. The van der Waals surface area contributed by atoms with Crippen LogP contribution in [0.4, 0.5) is 4.79 Å². The lowest BCUT2D eigenvalue weighted by molar-refractivity contribution is 0.248. The molecule has 3 aromatic carbocycles. The topological polar surface area (TPSA) is 75.4 Å². The molecule has 0 saturated heterocycles. The zero-order valence-electron chi connectivity index (χ0n) is 12.2. The van der Waals surface area contributed by atoms with E-state index in [1.807, 2.05) is 42.5 Å². The molecule has 0 fully saturated rings. The van der Waals surface area contributed by atoms with E-state index in [2.05, 4.69) is 5.32 Å². The van der Waals surface area contributed by atoms with Crippen LogP contribution in [0.3, 0.4) is 0 Å². The number of phenolic OH excluding ortho intramolecular Hbond substituents is 1. The van der Waals surface area contributed by atoms with Gasteiger partial charge in [0.25, 0.3) is 0 Å². The van der Waals surface area contributed by atoms with Gasteiger partial charge in [-0.15, -0.1) is 0 Å². The molecule has 23 heavy (non-hydrogen) atoms. The summed E-state index contributed by atoms with van der Waals surface area (Å²) in [5, 5.41) is 15.7. The first-order chi connectivity index (χ1) is 11.1. The molecular formula is C18H15ClN2O2. The predicted molar refractivity (Wildman–Crippen MR) is 92.5 cm³/mol. The number of halogens is 1. The Hall–Kier alpha value is -2.72. The number of amides is 2. The summed E-state index contributed by atoms with van der Waals surface area (Å²) in [6, 6.07) is 16.2. The molecule has 0 unspecified atom stereocenters. The fourth-order valence-electron chi connectivity index (χ4n) is 2.62. The summed E-state index contributed by atoms with van der Waals surface area (Å²) >= 11 is 5.93. The van der Waals surface area contributed by atoms with E-state index in [9.17, 15) is 9.90 Å². The Kier molecular flexibility index (Phi) is 4.08. The summed E-state index contributed by atoms with van der Waals surface area (Å²) in [6.07, 6.45) is 0. The third kappa shape index (κ3) is 3.07. The monoisotopic (exact) mass is 326 g/mol. The molecule has 0 aliphatic heterocycles. The molecule has 4 N–H and O–H groups in total. The van der Waals surface area contributed by atoms with Gasteiger partial charge in [-0.25, -0.2) is 4.79 Å². The van der Waals surface area contributed by atoms with E-state index in [1.165, 1.54) is 0 Å². The molecule has 5 heteroatoms. The minimum atomic E-state index is -0.634. The second-order valence-electron chi connectivity index (χ2n) is 5.20. The van der Waals surface area contributed by atoms with Crippen LogP contribution in [0.25, 0.3) is 21.9 Å². The molecule has 4 nitrogen and oxygen atoms in total. The molecule has 0 heterocycles. The first-order valence-corrected chi connectivity index (χ1v) is 7.47. The molecule has 2 amide bonds. The van der Waals surface area contributed by atoms with Crippen LogP contribution in [-0.2, 0) is 6.54 Å². The average molecular weight is 327 g/mol. The van der Waals surface area contributed by atoms with E-state index >= 15 is 0 Å². The van der Waals surface area contributed by atoms with Crippen LogP contribution in [0.1, 0.15) is 5.56 Å². The Morgan fingerprint density at radius 2 is 1.83 bits per heavy atom. The lowest BCUT2D eigenvalue weighted by Crippen LogP contribution is -2.28. The molecule has 0 aliphatic rings. The van der Waals surface area contributed by atoms with E-state index < -0.39 is 6.03 Å². The fourth-order valence-corrected chi connectivity index (χ4v) is 2.74. The number of carbonyl (C=O) groups is 1. The SMILES string of the molecule is NC(=O)NCc1c(O)c(-c2ccc(Cl)cc2)cc2ccccc12. The number of aromatic hydroxyl groups is 1. The van der Waals surface area contributed by atoms with E-state index in [0.717, 1.165) is 16.3 Å². The summed E-state index contributed by atoms with van der Waals surface area (Å²) in [4.78, 5) is 11.0. The Labute approximate surface area is 138 Å². The minimum absolute atomic E-state index is 0.125. The Balaban J connectivity index is 2.20. The molecule has 0 spiro atoms. The van der Waals surface area contributed by atoms with Crippen molar-refractivity contribution in [1.82, 2.24) is 5.32 Å². The largest absolute Gasteiger partial charge is 0.507 e. The molecule has 116 valence electrons. The van der Waals surface area contributed by atoms with Crippen LogP contribution < -0.4 is 11.1 Å². The molecule has 0 radical (unpaired) electrons. The van der Waals surface area contributed by atoms with Crippen molar-refractivity contribution in [3.63, 3.8) is 0 Å². The van der Waals surface area contributed by atoms with Crippen molar-refractivity contribution in [3.8, 4) is 16.9 Å². The van der Waals surface area contributed by atoms with Crippen molar-refractivity contribution < 1.29 is 9.90 Å². The number of primary amides is 1. The summed E-state index contributed by atoms with van der Waals surface area (Å²) in [6.45, 7) is 0.156. The smallest absolute Gasteiger partial charge is 0.312 e. The van der Waals surface area contributed by atoms with Crippen LogP contribution in [0.15, 0.2) is 54.6 Å². The van der Waals surface area contributed by atoms with Crippen LogP contribution in [0, 0.1) is 0 Å². The fraction of sp³-hybridized carbons (Fsp3) is 0.0556. The number of phenols is 1. The third-order valence-electron chi connectivity index (χ3n) is 3.72. The van der Waals surface area contributed by atoms with Crippen molar-refractivity contribution in [2.75, 3.05) is 0 Å². The van der Waals surface area contributed by atoms with Gasteiger partial charge in [-0.05, 0) is 34.5 Å². The van der Waals surface area contributed by atoms with Gasteiger partial charge in [-0.1, -0.05) is 48.0 Å². The van der Waals surface area contributed by atoms with E-state index in [4.69, 9.17) is 17.3 Å². The molecule has 0 aromatic heterocycles. The number of hydrogen-bond acceptors (Lipinski definition) is 2. The standard InChI is InChI=1S/C18H15ClN2O2/c19-13-7-5-11(6-8-13)15-9-12-3-1-2-4-14(12)16(17(15)22)10-21-18(20)23/h1-9,22H,10H2,(H3,20,21,23). The van der Waals surface area contributed by atoms with Crippen LogP contribution in [-0.4, -0.2) is 11.1 Å². The quantitative estimate of drug-likeness (QED) is 0.679. The highest BCUT2D eigenvalue weighted by Crippen LogP contribution is 2.38. The van der Waals surface area contributed by atoms with E-state index in [1.54, 1.807) is 12.1 Å². The van der Waals surface area contributed by atoms with Crippen molar-refractivity contribution >= 4 is 28.4 Å². The van der Waals surface area contributed by atoms with Crippen molar-refractivity contribution in [3.05, 3.63) is 65.2 Å². The molecular weight excluding hydrogens is 312 g/mol. The second kappa shape index (κ2) is 6.18. The highest BCUT2D eigenvalue weighted by atomic mass is 35.5. The molecule has 0 aliphatic carbocycles. The van der Waals surface area contributed by atoms with Gasteiger partial charge in [0, 0.05) is 22.7 Å². The van der Waals surface area contributed by atoms with E-state index in [0.29, 0.717) is 16.1 Å². The third-order valence-corrected chi connectivity index (χ3v) is 3.97. The molecule has 3 rings (SSSR count). The van der Waals surface area contributed by atoms with Gasteiger partial charge in [0.05, 0.1) is 0 Å². The Morgan fingerprint density at radius 3 is 2.52 bits per heavy atom. The van der Waals surface area contributed by atoms with Gasteiger partial charge < -0.3 is 16.2 Å². The summed E-state index contributed by atoms with van der Waals surface area (Å²) < 4.78 is 0. The molecule has 0 atom stereocenters. The summed E-state index contributed by atoms with van der Waals surface area (Å²) in [5.41, 5.74) is 7.31. The molecule has 0 bridgehead atoms. The first kappa shape index (κ1) is 15.2. The highest BCUT2D eigenvalue weighted by molar-refractivity contribution is 6.30. The highest BCUT2D eigenvalue weighted by Gasteiger charge is 2.14. The Bertz CT molecular complexity index is 876. The van der Waals surface area contributed by atoms with Gasteiger partial charge in [0.2, 0.25) is 0 Å². The summed E-state index contributed by atoms with van der Waals surface area (Å²) in [5.74, 6) is 0.125. The summed E-state index contributed by atoms with van der Waals surface area (Å²) in [7, 11) is 0. The van der Waals surface area contributed by atoms with Crippen LogP contribution in [0.2, 0.25) is 5.02 Å². The second-order valence-corrected chi connectivity index (χ2v) is 5.63. The lowest BCUT2D eigenvalue weighted by atomic mass is 9.95. The van der Waals surface area contributed by atoms with Gasteiger partial charge in [-0.2, -0.15) is 0 Å². The number of carbonyl (C=O) groups excluding carboxylic acids is 1.